The smallest absolute Gasteiger partial charge is 0.303 e. The highest BCUT2D eigenvalue weighted by Gasteiger charge is 2.67. The molecule has 3 aromatic carbocycles. The van der Waals surface area contributed by atoms with Crippen molar-refractivity contribution in [3.05, 3.63) is 95.6 Å². The van der Waals surface area contributed by atoms with E-state index in [4.69, 9.17) is 23.7 Å². The zero-order valence-electron chi connectivity index (χ0n) is 25.6. The van der Waals surface area contributed by atoms with E-state index in [9.17, 15) is 19.6 Å². The van der Waals surface area contributed by atoms with Crippen LogP contribution in [-0.2, 0) is 34.2 Å². The van der Waals surface area contributed by atoms with Crippen molar-refractivity contribution in [2.45, 2.75) is 50.3 Å². The van der Waals surface area contributed by atoms with Crippen molar-refractivity contribution in [2.24, 2.45) is 11.8 Å². The summed E-state index contributed by atoms with van der Waals surface area (Å²) >= 11 is 0. The van der Waals surface area contributed by atoms with Gasteiger partial charge < -0.3 is 29.0 Å². The van der Waals surface area contributed by atoms with Crippen LogP contribution in [0.15, 0.2) is 78.9 Å². The number of carbonyl (C=O) groups is 3. The second kappa shape index (κ2) is 13.7. The molecule has 3 aromatic rings. The molecule has 0 spiro atoms. The van der Waals surface area contributed by atoms with Crippen LogP contribution in [0.1, 0.15) is 37.0 Å². The monoisotopic (exact) mass is 618 g/mol. The fourth-order valence-electron chi connectivity index (χ4n) is 6.45. The van der Waals surface area contributed by atoms with Crippen LogP contribution in [0.3, 0.4) is 0 Å². The number of rotatable bonds is 12. The van der Waals surface area contributed by atoms with Gasteiger partial charge in [0.1, 0.15) is 35.4 Å². The van der Waals surface area contributed by atoms with E-state index in [1.165, 1.54) is 6.92 Å². The van der Waals surface area contributed by atoms with Gasteiger partial charge in [-0.25, -0.2) is 5.48 Å². The molecule has 0 unspecified atom stereocenters. The molecule has 45 heavy (non-hydrogen) atoms. The van der Waals surface area contributed by atoms with Gasteiger partial charge in [0.25, 0.3) is 0 Å². The van der Waals surface area contributed by atoms with E-state index < -0.39 is 59.6 Å². The van der Waals surface area contributed by atoms with Gasteiger partial charge in [-0.05, 0) is 47.4 Å². The first-order valence-corrected chi connectivity index (χ1v) is 14.9. The largest absolute Gasteiger partial charge is 0.497 e. The topological polar surface area (TPSA) is 142 Å². The molecule has 2 bridgehead atoms. The van der Waals surface area contributed by atoms with Crippen molar-refractivity contribution in [2.75, 3.05) is 20.8 Å². The van der Waals surface area contributed by atoms with Gasteiger partial charge in [0, 0.05) is 13.5 Å². The average molecular weight is 619 g/mol. The summed E-state index contributed by atoms with van der Waals surface area (Å²) in [5, 5.41) is 12.5. The van der Waals surface area contributed by atoms with Gasteiger partial charge >= 0.3 is 5.97 Å². The molecule has 2 amide bonds. The standard InChI is InChI=1S/C34H38N2O9/c1-5-19-35-32(38)26-27(33(39)36-40)29-31(30(28(26)44-29)43-20(2)37)45-34(21-9-7-6-8-10-21,22-11-15-24(41-3)16-12-22)23-13-17-25(42-4)18-14-23/h6-18,26-31,40H,5,19H2,1-4H3,(H,35,38)(H,36,39)/t26-,27+,28-,29+,30-,31+/m0/s1. The van der Waals surface area contributed by atoms with Crippen LogP contribution in [-0.4, -0.2) is 68.2 Å². The maximum atomic E-state index is 13.4. The molecule has 3 N–H and O–H groups in total. The highest BCUT2D eigenvalue weighted by atomic mass is 16.6. The fraction of sp³-hybridized carbons (Fsp3) is 0.382. The van der Waals surface area contributed by atoms with Gasteiger partial charge in [-0.3, -0.25) is 19.6 Å². The number of carbonyl (C=O) groups excluding carboxylic acids is 3. The first-order valence-electron chi connectivity index (χ1n) is 14.9. The van der Waals surface area contributed by atoms with Crippen molar-refractivity contribution in [1.29, 1.82) is 0 Å². The number of ether oxygens (including phenoxy) is 5. The van der Waals surface area contributed by atoms with Crippen LogP contribution < -0.4 is 20.3 Å². The number of hydroxylamine groups is 1. The summed E-state index contributed by atoms with van der Waals surface area (Å²) in [6.45, 7) is 3.55. The molecule has 0 saturated carbocycles. The third-order valence-electron chi connectivity index (χ3n) is 8.43. The molecular weight excluding hydrogens is 580 g/mol. The van der Waals surface area contributed by atoms with Crippen LogP contribution in [0.4, 0.5) is 0 Å². The van der Waals surface area contributed by atoms with E-state index in [0.717, 1.165) is 5.56 Å². The fourth-order valence-corrected chi connectivity index (χ4v) is 6.45. The van der Waals surface area contributed by atoms with E-state index in [1.807, 2.05) is 85.8 Å². The molecule has 5 rings (SSSR count). The van der Waals surface area contributed by atoms with Crippen molar-refractivity contribution < 1.29 is 43.3 Å². The van der Waals surface area contributed by atoms with Crippen LogP contribution in [0, 0.1) is 11.8 Å². The summed E-state index contributed by atoms with van der Waals surface area (Å²) < 4.78 is 30.2. The minimum absolute atomic E-state index is 0.379. The van der Waals surface area contributed by atoms with Crippen molar-refractivity contribution >= 4 is 17.8 Å². The van der Waals surface area contributed by atoms with Gasteiger partial charge in [-0.2, -0.15) is 0 Å². The Morgan fingerprint density at radius 1 is 0.778 bits per heavy atom. The minimum Gasteiger partial charge on any atom is -0.497 e. The first-order chi connectivity index (χ1) is 21.8. The predicted octanol–water partition coefficient (Wildman–Crippen LogP) is 3.36. The van der Waals surface area contributed by atoms with Crippen molar-refractivity contribution in [1.82, 2.24) is 10.8 Å². The molecule has 0 radical (unpaired) electrons. The lowest BCUT2D eigenvalue weighted by molar-refractivity contribution is -0.173. The number of fused-ring (bicyclic) bond motifs is 2. The second-order valence-electron chi connectivity index (χ2n) is 11.0. The summed E-state index contributed by atoms with van der Waals surface area (Å²) in [7, 11) is 3.16. The lowest BCUT2D eigenvalue weighted by atomic mass is 9.74. The van der Waals surface area contributed by atoms with E-state index in [-0.39, 0.29) is 0 Å². The van der Waals surface area contributed by atoms with E-state index in [2.05, 4.69) is 5.32 Å². The normalized spacial score (nSPS) is 23.7. The number of nitrogens with one attached hydrogen (secondary N) is 2. The lowest BCUT2D eigenvalue weighted by Crippen LogP contribution is -2.59. The van der Waals surface area contributed by atoms with Gasteiger partial charge in [0.05, 0.1) is 26.1 Å². The summed E-state index contributed by atoms with van der Waals surface area (Å²) in [6.07, 6.45) is -3.48. The van der Waals surface area contributed by atoms with Gasteiger partial charge in [-0.15, -0.1) is 0 Å². The molecule has 2 heterocycles. The summed E-state index contributed by atoms with van der Waals surface area (Å²) in [4.78, 5) is 39.0. The summed E-state index contributed by atoms with van der Waals surface area (Å²) in [5.41, 5.74) is 2.53. The zero-order valence-corrected chi connectivity index (χ0v) is 25.6. The molecule has 0 aliphatic carbocycles. The number of hydrogen-bond acceptors (Lipinski definition) is 9. The van der Waals surface area contributed by atoms with Crippen LogP contribution >= 0.6 is 0 Å². The molecule has 2 aliphatic rings. The Balaban J connectivity index is 1.70. The summed E-state index contributed by atoms with van der Waals surface area (Å²) in [5.74, 6) is -2.73. The predicted molar refractivity (Wildman–Crippen MR) is 162 cm³/mol. The second-order valence-corrected chi connectivity index (χ2v) is 11.0. The minimum atomic E-state index is -1.34. The van der Waals surface area contributed by atoms with Gasteiger partial charge in [0.15, 0.2) is 6.10 Å². The maximum absolute atomic E-state index is 13.4. The lowest BCUT2D eigenvalue weighted by Gasteiger charge is -2.43. The Hall–Kier alpha value is -4.45. The molecular formula is C34H38N2O9. The molecule has 2 saturated heterocycles. The van der Waals surface area contributed by atoms with E-state index in [0.29, 0.717) is 35.6 Å². The molecule has 2 aliphatic heterocycles. The maximum Gasteiger partial charge on any atom is 0.303 e. The van der Waals surface area contributed by atoms with Crippen LogP contribution in [0.2, 0.25) is 0 Å². The zero-order chi connectivity index (χ0) is 32.1. The Morgan fingerprint density at radius 3 is 1.78 bits per heavy atom. The number of esters is 1. The van der Waals surface area contributed by atoms with Crippen LogP contribution in [0.5, 0.6) is 11.5 Å². The summed E-state index contributed by atoms with van der Waals surface area (Å²) in [6, 6.07) is 24.3. The van der Waals surface area contributed by atoms with Crippen LogP contribution in [0.25, 0.3) is 0 Å². The quantitative estimate of drug-likeness (QED) is 0.121. The number of methoxy groups -OCH3 is 2. The Bertz CT molecular complexity index is 1430. The highest BCUT2D eigenvalue weighted by Crippen LogP contribution is 2.51. The third-order valence-corrected chi connectivity index (χ3v) is 8.43. The van der Waals surface area contributed by atoms with Crippen molar-refractivity contribution in [3.63, 3.8) is 0 Å². The number of hydrogen-bond donors (Lipinski definition) is 3. The van der Waals surface area contributed by atoms with Gasteiger partial charge in [-0.1, -0.05) is 61.5 Å². The molecule has 11 nitrogen and oxygen atoms in total. The van der Waals surface area contributed by atoms with E-state index >= 15 is 0 Å². The number of amides is 2. The SMILES string of the molecule is CCCNC(=O)[C@@H]1[C@@H]2O[C@@H]([C@@H](OC(c3ccccc3)(c3ccc(OC)cc3)c3ccc(OC)cc3)[C@H]2OC(C)=O)[C@@H]1C(=O)NO. The van der Waals surface area contributed by atoms with Gasteiger partial charge in [0.2, 0.25) is 11.8 Å². The van der Waals surface area contributed by atoms with E-state index in [1.54, 1.807) is 19.7 Å². The first kappa shape index (κ1) is 32.0. The molecule has 0 aromatic heterocycles. The molecule has 2 fully saturated rings. The highest BCUT2D eigenvalue weighted by molar-refractivity contribution is 5.89. The third kappa shape index (κ3) is 5.98. The average Bonchev–Trinajstić information content (AvgIpc) is 3.62. The Labute approximate surface area is 261 Å². The number of benzene rings is 3. The molecule has 11 heteroatoms. The van der Waals surface area contributed by atoms with Crippen molar-refractivity contribution in [3.8, 4) is 11.5 Å². The Kier molecular flexibility index (Phi) is 9.71. The Morgan fingerprint density at radius 2 is 1.29 bits per heavy atom. The molecule has 238 valence electrons. The molecule has 6 atom stereocenters.